The maximum atomic E-state index is 4.50. The molecule has 1 spiro atoms. The fraction of sp³-hybridized carbons (Fsp3) is 0.239. The van der Waals surface area contributed by atoms with Crippen LogP contribution in [0.15, 0.2) is 265 Å². The van der Waals surface area contributed by atoms with Gasteiger partial charge in [0.05, 0.1) is 0 Å². The Kier molecular flexibility index (Phi) is 22.3. The average Bonchev–Trinajstić information content (AvgIpc) is 3.56. The third-order valence-electron chi connectivity index (χ3n) is 14.1. The molecule has 0 amide bonds. The van der Waals surface area contributed by atoms with Crippen LogP contribution in [0.2, 0.25) is 0 Å². The quantitative estimate of drug-likeness (QED) is 0.110. The predicted octanol–water partition coefficient (Wildman–Crippen LogP) is 19.5. The number of rotatable bonds is 14. The maximum Gasteiger partial charge on any atom is 0.0426 e. The standard InChI is InChI=1S/C49H50.C19H20.C2H6.CH5N/c1-7-11-29-43(38-40-27-17-14-18-28-40)39(5)46(9-3)41(26-8-2)32-25-37-47(42-30-19-15-20-31-42)48(10-4)49(6,45-35-23-16-24-36-45)44-33-21-12-13-22-34-44;1-14-8-7-11-17-18(14)15-9-3-4-10-16(15)19(17)12-5-2-6-13-19;2*1-2/h8-21,23-38H,3-4,7,22H2,1-2,5-6H3;3-4,7-11H,2,5-6,12-13H2,1H3;1-2H3;2H2,1H3/b26-8-,29-11-,37-25-,41-32+,43-38-,46-39-,48-47-;;;. The molecule has 8 rings (SSSR count). The van der Waals surface area contributed by atoms with Gasteiger partial charge in [0.25, 0.3) is 0 Å². The smallest absolute Gasteiger partial charge is 0.0426 e. The minimum Gasteiger partial charge on any atom is -0.333 e. The van der Waals surface area contributed by atoms with E-state index in [-0.39, 0.29) is 0 Å². The van der Waals surface area contributed by atoms with Gasteiger partial charge in [-0.25, -0.2) is 0 Å². The summed E-state index contributed by atoms with van der Waals surface area (Å²) in [7, 11) is 1.50. The molecular formula is C71H81N. The molecule has 0 aliphatic heterocycles. The van der Waals surface area contributed by atoms with Crippen LogP contribution < -0.4 is 5.73 Å². The van der Waals surface area contributed by atoms with E-state index in [2.05, 4.69) is 266 Å². The summed E-state index contributed by atoms with van der Waals surface area (Å²) in [6, 6.07) is 47.9. The van der Waals surface area contributed by atoms with E-state index in [0.29, 0.717) is 5.41 Å². The highest BCUT2D eigenvalue weighted by atomic mass is 14.5. The van der Waals surface area contributed by atoms with Crippen LogP contribution in [-0.4, -0.2) is 7.05 Å². The molecule has 2 N–H and O–H groups in total. The van der Waals surface area contributed by atoms with Crippen molar-refractivity contribution in [3.63, 3.8) is 0 Å². The molecule has 0 saturated heterocycles. The lowest BCUT2D eigenvalue weighted by Gasteiger charge is -2.36. The average molecular weight is 948 g/mol. The van der Waals surface area contributed by atoms with E-state index in [1.165, 1.54) is 83.7 Å². The van der Waals surface area contributed by atoms with E-state index in [0.717, 1.165) is 40.7 Å². The first-order valence-corrected chi connectivity index (χ1v) is 26.4. The Morgan fingerprint density at radius 1 is 0.708 bits per heavy atom. The molecule has 5 aromatic carbocycles. The fourth-order valence-electron chi connectivity index (χ4n) is 10.7. The van der Waals surface area contributed by atoms with Gasteiger partial charge in [0.15, 0.2) is 0 Å². The maximum absolute atomic E-state index is 4.50. The zero-order valence-electron chi connectivity index (χ0n) is 44.8. The third kappa shape index (κ3) is 13.1. The highest BCUT2D eigenvalue weighted by Crippen LogP contribution is 2.56. The van der Waals surface area contributed by atoms with Crippen molar-refractivity contribution in [1.29, 1.82) is 0 Å². The second-order valence-electron chi connectivity index (χ2n) is 18.3. The number of hydrogen-bond acceptors (Lipinski definition) is 1. The predicted molar refractivity (Wildman–Crippen MR) is 319 cm³/mol. The molecule has 1 heteroatoms. The van der Waals surface area contributed by atoms with Crippen LogP contribution in [0.5, 0.6) is 0 Å². The van der Waals surface area contributed by atoms with Crippen molar-refractivity contribution in [3.05, 3.63) is 299 Å². The van der Waals surface area contributed by atoms with Crippen molar-refractivity contribution in [1.82, 2.24) is 0 Å². The van der Waals surface area contributed by atoms with Crippen molar-refractivity contribution in [2.45, 2.75) is 104 Å². The van der Waals surface area contributed by atoms with Crippen LogP contribution >= 0.6 is 0 Å². The molecule has 0 bridgehead atoms. The van der Waals surface area contributed by atoms with E-state index in [9.17, 15) is 0 Å². The second-order valence-corrected chi connectivity index (χ2v) is 18.3. The summed E-state index contributed by atoms with van der Waals surface area (Å²) in [5.74, 6) is 0. The van der Waals surface area contributed by atoms with Gasteiger partial charge in [0, 0.05) is 10.8 Å². The Hall–Kier alpha value is -7.06. The Balaban J connectivity index is 0.000000343. The van der Waals surface area contributed by atoms with Gasteiger partial charge < -0.3 is 5.73 Å². The molecule has 3 aliphatic carbocycles. The van der Waals surface area contributed by atoms with Crippen LogP contribution in [0.3, 0.4) is 0 Å². The molecule has 0 heterocycles. The molecule has 1 saturated carbocycles. The molecule has 72 heavy (non-hydrogen) atoms. The number of nitrogens with two attached hydrogens (primary N) is 1. The number of benzene rings is 5. The summed E-state index contributed by atoms with van der Waals surface area (Å²) in [5, 5.41) is 0. The van der Waals surface area contributed by atoms with Crippen LogP contribution in [0.25, 0.3) is 22.8 Å². The minimum absolute atomic E-state index is 0.330. The van der Waals surface area contributed by atoms with Gasteiger partial charge in [-0.05, 0) is 150 Å². The van der Waals surface area contributed by atoms with Crippen molar-refractivity contribution < 1.29 is 0 Å². The SMILES string of the molecule is C=CC(=C(C)/C(/C=C\CC)=C\c1ccccc1)/C(/C=C\C)=C/C=C\C(=C(/C=C)C(C)(C1=CCC=CC=C1)c1ccccc1)c1ccccc1.CC.CN.Cc1cccc2c1-c1ccccc1C21CCCCC1. The number of fused-ring (bicyclic) bond motifs is 5. The first-order valence-electron chi connectivity index (χ1n) is 26.4. The molecular weight excluding hydrogens is 867 g/mol. The minimum atomic E-state index is -0.442. The second kappa shape index (κ2) is 28.7. The molecule has 1 fully saturated rings. The highest BCUT2D eigenvalue weighted by molar-refractivity contribution is 5.84. The Morgan fingerprint density at radius 2 is 1.35 bits per heavy atom. The molecule has 1 nitrogen and oxygen atoms in total. The lowest BCUT2D eigenvalue weighted by Crippen LogP contribution is -2.27. The molecule has 0 radical (unpaired) electrons. The molecule has 3 aliphatic rings. The highest BCUT2D eigenvalue weighted by Gasteiger charge is 2.43. The van der Waals surface area contributed by atoms with Gasteiger partial charge >= 0.3 is 0 Å². The van der Waals surface area contributed by atoms with E-state index < -0.39 is 5.41 Å². The number of hydrogen-bond donors (Lipinski definition) is 1. The normalized spacial score (nSPS) is 16.3. The van der Waals surface area contributed by atoms with Crippen molar-refractivity contribution in [3.8, 4) is 11.1 Å². The van der Waals surface area contributed by atoms with E-state index in [1.54, 1.807) is 11.1 Å². The largest absolute Gasteiger partial charge is 0.333 e. The summed E-state index contributed by atoms with van der Waals surface area (Å²) in [6.07, 6.45) is 41.3. The molecule has 370 valence electrons. The summed E-state index contributed by atoms with van der Waals surface area (Å²) < 4.78 is 0. The van der Waals surface area contributed by atoms with Crippen molar-refractivity contribution >= 4 is 11.6 Å². The van der Waals surface area contributed by atoms with Crippen LogP contribution in [0.4, 0.5) is 0 Å². The van der Waals surface area contributed by atoms with Gasteiger partial charge in [-0.2, -0.15) is 0 Å². The Labute approximate surface area is 436 Å². The monoisotopic (exact) mass is 948 g/mol. The van der Waals surface area contributed by atoms with E-state index in [4.69, 9.17) is 0 Å². The van der Waals surface area contributed by atoms with Crippen molar-refractivity contribution in [2.75, 3.05) is 7.05 Å². The lowest BCUT2D eigenvalue weighted by atomic mass is 9.67. The topological polar surface area (TPSA) is 26.0 Å². The van der Waals surface area contributed by atoms with E-state index in [1.807, 2.05) is 26.0 Å². The van der Waals surface area contributed by atoms with Gasteiger partial charge in [0.2, 0.25) is 0 Å². The summed E-state index contributed by atoms with van der Waals surface area (Å²) in [4.78, 5) is 0. The summed E-state index contributed by atoms with van der Waals surface area (Å²) in [6.45, 7) is 23.7. The molecule has 5 aromatic rings. The third-order valence-corrected chi connectivity index (χ3v) is 14.1. The van der Waals surface area contributed by atoms with Crippen molar-refractivity contribution in [2.24, 2.45) is 5.73 Å². The van der Waals surface area contributed by atoms with Gasteiger partial charge in [-0.15, -0.1) is 0 Å². The lowest BCUT2D eigenvalue weighted by molar-refractivity contribution is 0.353. The number of aryl methyl sites for hydroxylation is 1. The summed E-state index contributed by atoms with van der Waals surface area (Å²) in [5.41, 5.74) is 23.6. The first-order chi connectivity index (χ1) is 35.3. The number of allylic oxidation sites excluding steroid dienone is 21. The van der Waals surface area contributed by atoms with Crippen LogP contribution in [0, 0.1) is 6.92 Å². The zero-order chi connectivity index (χ0) is 51.8. The van der Waals surface area contributed by atoms with Gasteiger partial charge in [0.1, 0.15) is 0 Å². The van der Waals surface area contributed by atoms with Gasteiger partial charge in [-0.3, -0.25) is 0 Å². The summed E-state index contributed by atoms with van der Waals surface area (Å²) >= 11 is 0. The zero-order valence-corrected chi connectivity index (χ0v) is 44.8. The van der Waals surface area contributed by atoms with Gasteiger partial charge in [-0.1, -0.05) is 272 Å². The molecule has 1 atom stereocenters. The molecule has 0 aromatic heterocycles. The Bertz CT molecular complexity index is 2860. The van der Waals surface area contributed by atoms with Crippen LogP contribution in [-0.2, 0) is 10.8 Å². The first kappa shape index (κ1) is 55.9. The fourth-order valence-corrected chi connectivity index (χ4v) is 10.7. The van der Waals surface area contributed by atoms with E-state index >= 15 is 0 Å². The Morgan fingerprint density at radius 3 is 2.00 bits per heavy atom. The molecule has 1 unspecified atom stereocenters. The van der Waals surface area contributed by atoms with Crippen LogP contribution in [0.1, 0.15) is 120 Å².